The zero-order valence-electron chi connectivity index (χ0n) is 16.5. The van der Waals surface area contributed by atoms with Crippen molar-refractivity contribution >= 4 is 34.4 Å². The van der Waals surface area contributed by atoms with E-state index in [2.05, 4.69) is 12.1 Å². The Morgan fingerprint density at radius 1 is 1.38 bits per heavy atom. The molecule has 0 aliphatic carbocycles. The summed E-state index contributed by atoms with van der Waals surface area (Å²) in [6.07, 6.45) is 3.33. The molecule has 0 bridgehead atoms. The SMILES string of the molecule is Cc1cc(C)c2c(C#N)c(/C=C/C(=O)N3CCOCC3)n(Cc3cccs3)c2n1. The molecule has 0 unspecified atom stereocenters. The smallest absolute Gasteiger partial charge is 0.246 e. The van der Waals surface area contributed by atoms with Gasteiger partial charge in [-0.2, -0.15) is 5.26 Å². The number of thiophene rings is 1. The Kier molecular flexibility index (Phi) is 5.47. The van der Waals surface area contributed by atoms with Gasteiger partial charge in [-0.25, -0.2) is 4.98 Å². The Bertz CT molecular complexity index is 1120. The van der Waals surface area contributed by atoms with Crippen molar-refractivity contribution in [2.45, 2.75) is 20.4 Å². The Morgan fingerprint density at radius 2 is 2.17 bits per heavy atom. The molecule has 148 valence electrons. The van der Waals surface area contributed by atoms with Gasteiger partial charge in [-0.1, -0.05) is 6.07 Å². The third-order valence-corrected chi connectivity index (χ3v) is 5.95. The maximum atomic E-state index is 12.6. The van der Waals surface area contributed by atoms with Gasteiger partial charge in [-0.15, -0.1) is 11.3 Å². The van der Waals surface area contributed by atoms with Gasteiger partial charge in [-0.05, 0) is 43.0 Å². The first-order chi connectivity index (χ1) is 14.1. The van der Waals surface area contributed by atoms with E-state index in [0.29, 0.717) is 38.4 Å². The number of carbonyl (C=O) groups excluding carboxylic acids is 1. The highest BCUT2D eigenvalue weighted by atomic mass is 32.1. The molecule has 0 N–H and O–H groups in total. The number of pyridine rings is 1. The summed E-state index contributed by atoms with van der Waals surface area (Å²) in [5.41, 5.74) is 3.99. The number of morpholine rings is 1. The van der Waals surface area contributed by atoms with Crippen molar-refractivity contribution < 1.29 is 9.53 Å². The molecule has 1 aliphatic rings. The number of aromatic nitrogens is 2. The molecule has 0 aromatic carbocycles. The monoisotopic (exact) mass is 406 g/mol. The van der Waals surface area contributed by atoms with Gasteiger partial charge < -0.3 is 14.2 Å². The lowest BCUT2D eigenvalue weighted by atomic mass is 10.1. The third kappa shape index (κ3) is 3.82. The van der Waals surface area contributed by atoms with Gasteiger partial charge in [0.05, 0.1) is 31.0 Å². The Labute approximate surface area is 173 Å². The normalized spacial score (nSPS) is 14.6. The average Bonchev–Trinajstić information content (AvgIpc) is 3.33. The van der Waals surface area contributed by atoms with Crippen LogP contribution in [0.3, 0.4) is 0 Å². The summed E-state index contributed by atoms with van der Waals surface area (Å²) in [4.78, 5) is 20.3. The van der Waals surface area contributed by atoms with Crippen molar-refractivity contribution in [1.82, 2.24) is 14.5 Å². The van der Waals surface area contributed by atoms with Crippen LogP contribution in [0.15, 0.2) is 29.7 Å². The van der Waals surface area contributed by atoms with Gasteiger partial charge in [-0.3, -0.25) is 4.79 Å². The fourth-order valence-electron chi connectivity index (χ4n) is 3.74. The lowest BCUT2D eigenvalue weighted by Gasteiger charge is -2.25. The molecule has 4 rings (SSSR count). The van der Waals surface area contributed by atoms with Gasteiger partial charge in [0.2, 0.25) is 5.91 Å². The van der Waals surface area contributed by atoms with Crippen LogP contribution >= 0.6 is 11.3 Å². The molecule has 1 saturated heterocycles. The maximum absolute atomic E-state index is 12.6. The molecule has 0 atom stereocenters. The number of fused-ring (bicyclic) bond motifs is 1. The highest BCUT2D eigenvalue weighted by Gasteiger charge is 2.20. The predicted molar refractivity (Wildman–Crippen MR) is 114 cm³/mol. The van der Waals surface area contributed by atoms with Crippen molar-refractivity contribution in [1.29, 1.82) is 5.26 Å². The fraction of sp³-hybridized carbons (Fsp3) is 0.318. The second kappa shape index (κ2) is 8.19. The van der Waals surface area contributed by atoms with E-state index >= 15 is 0 Å². The summed E-state index contributed by atoms with van der Waals surface area (Å²) in [6, 6.07) is 8.42. The van der Waals surface area contributed by atoms with E-state index in [-0.39, 0.29) is 5.91 Å². The number of rotatable bonds is 4. The molecule has 3 aromatic rings. The number of ether oxygens (including phenoxy) is 1. The molecular weight excluding hydrogens is 384 g/mol. The lowest BCUT2D eigenvalue weighted by Crippen LogP contribution is -2.39. The number of amides is 1. The van der Waals surface area contributed by atoms with E-state index in [1.807, 2.05) is 35.9 Å². The van der Waals surface area contributed by atoms with E-state index < -0.39 is 0 Å². The van der Waals surface area contributed by atoms with E-state index in [0.717, 1.165) is 28.0 Å². The number of aryl methyl sites for hydroxylation is 2. The van der Waals surface area contributed by atoms with Gasteiger partial charge in [0.15, 0.2) is 0 Å². The topological polar surface area (TPSA) is 71.2 Å². The molecule has 6 nitrogen and oxygen atoms in total. The largest absolute Gasteiger partial charge is 0.378 e. The quantitative estimate of drug-likeness (QED) is 0.622. The van der Waals surface area contributed by atoms with Crippen molar-refractivity contribution in [3.05, 3.63) is 57.0 Å². The van der Waals surface area contributed by atoms with Crippen LogP contribution in [0.5, 0.6) is 0 Å². The highest BCUT2D eigenvalue weighted by molar-refractivity contribution is 7.09. The van der Waals surface area contributed by atoms with Gasteiger partial charge in [0.25, 0.3) is 0 Å². The fourth-order valence-corrected chi connectivity index (χ4v) is 4.44. The second-order valence-corrected chi connectivity index (χ2v) is 8.12. The summed E-state index contributed by atoms with van der Waals surface area (Å²) in [6.45, 7) is 6.86. The van der Waals surface area contributed by atoms with Crippen LogP contribution in [0.2, 0.25) is 0 Å². The molecule has 1 fully saturated rings. The number of hydrogen-bond acceptors (Lipinski definition) is 5. The molecule has 7 heteroatoms. The summed E-state index contributed by atoms with van der Waals surface area (Å²) >= 11 is 1.66. The van der Waals surface area contributed by atoms with Crippen LogP contribution < -0.4 is 0 Å². The van der Waals surface area contributed by atoms with Crippen molar-refractivity contribution in [3.8, 4) is 6.07 Å². The van der Waals surface area contributed by atoms with Crippen LogP contribution in [0.25, 0.3) is 17.1 Å². The Balaban J connectivity index is 1.82. The molecule has 0 spiro atoms. The average molecular weight is 407 g/mol. The standard InChI is InChI=1S/C22H22N4O2S/c1-15-12-16(2)24-22-21(15)18(13-23)19(26(22)14-17-4-3-11-29-17)5-6-20(27)25-7-9-28-10-8-25/h3-6,11-12H,7-10,14H2,1-2H3/b6-5+. The lowest BCUT2D eigenvalue weighted by molar-refractivity contribution is -0.129. The van der Waals surface area contributed by atoms with Crippen LogP contribution in [-0.4, -0.2) is 46.7 Å². The summed E-state index contributed by atoms with van der Waals surface area (Å²) in [5, 5.41) is 12.8. The van der Waals surface area contributed by atoms with Crippen molar-refractivity contribution in [3.63, 3.8) is 0 Å². The minimum absolute atomic E-state index is 0.0639. The Hall–Kier alpha value is -2.95. The first kappa shape index (κ1) is 19.4. The van der Waals surface area contributed by atoms with Crippen molar-refractivity contribution in [2.75, 3.05) is 26.3 Å². The van der Waals surface area contributed by atoms with Gasteiger partial charge in [0, 0.05) is 35.1 Å². The first-order valence-electron chi connectivity index (χ1n) is 9.56. The molecule has 0 radical (unpaired) electrons. The second-order valence-electron chi connectivity index (χ2n) is 7.09. The number of nitriles is 1. The number of nitrogens with zero attached hydrogens (tertiary/aromatic N) is 4. The summed E-state index contributed by atoms with van der Waals surface area (Å²) in [7, 11) is 0. The predicted octanol–water partition coefficient (Wildman–Crippen LogP) is 3.51. The molecule has 1 aliphatic heterocycles. The van der Waals surface area contributed by atoms with Crippen LogP contribution in [0.4, 0.5) is 0 Å². The molecule has 3 aromatic heterocycles. The van der Waals surface area contributed by atoms with Crippen LogP contribution in [0, 0.1) is 25.2 Å². The molecule has 29 heavy (non-hydrogen) atoms. The minimum atomic E-state index is -0.0639. The third-order valence-electron chi connectivity index (χ3n) is 5.09. The van der Waals surface area contributed by atoms with E-state index in [1.54, 1.807) is 28.4 Å². The van der Waals surface area contributed by atoms with Gasteiger partial charge in [0.1, 0.15) is 11.7 Å². The van der Waals surface area contributed by atoms with E-state index in [4.69, 9.17) is 9.72 Å². The number of carbonyl (C=O) groups is 1. The number of hydrogen-bond donors (Lipinski definition) is 0. The first-order valence-corrected chi connectivity index (χ1v) is 10.4. The van der Waals surface area contributed by atoms with Crippen molar-refractivity contribution in [2.24, 2.45) is 0 Å². The molecular formula is C22H22N4O2S. The highest BCUT2D eigenvalue weighted by Crippen LogP contribution is 2.30. The minimum Gasteiger partial charge on any atom is -0.378 e. The van der Waals surface area contributed by atoms with Crippen LogP contribution in [-0.2, 0) is 16.1 Å². The molecule has 1 amide bonds. The summed E-state index contributed by atoms with van der Waals surface area (Å²) < 4.78 is 7.36. The van der Waals surface area contributed by atoms with E-state index in [9.17, 15) is 10.1 Å². The zero-order valence-corrected chi connectivity index (χ0v) is 17.3. The Morgan fingerprint density at radius 3 is 2.86 bits per heavy atom. The summed E-state index contributed by atoms with van der Waals surface area (Å²) in [5.74, 6) is -0.0639. The molecule has 0 saturated carbocycles. The molecule has 4 heterocycles. The maximum Gasteiger partial charge on any atom is 0.246 e. The van der Waals surface area contributed by atoms with Gasteiger partial charge >= 0.3 is 0 Å². The van der Waals surface area contributed by atoms with E-state index in [1.165, 1.54) is 4.88 Å². The zero-order chi connectivity index (χ0) is 20.4. The van der Waals surface area contributed by atoms with Crippen LogP contribution in [0.1, 0.15) is 27.4 Å².